The number of halogens is 1. The summed E-state index contributed by atoms with van der Waals surface area (Å²) in [7, 11) is 0. The number of rotatable bonds is 5. The van der Waals surface area contributed by atoms with Gasteiger partial charge in [0.15, 0.2) is 11.5 Å². The lowest BCUT2D eigenvalue weighted by atomic mass is 9.86. The van der Waals surface area contributed by atoms with Crippen molar-refractivity contribution < 1.29 is 19.1 Å². The van der Waals surface area contributed by atoms with Gasteiger partial charge in [-0.25, -0.2) is 0 Å². The number of carbonyl (C=O) groups is 1. The number of ether oxygens (including phenoxy) is 1. The van der Waals surface area contributed by atoms with Crippen LogP contribution >= 0.6 is 27.7 Å². The maximum atomic E-state index is 13.0. The summed E-state index contributed by atoms with van der Waals surface area (Å²) in [5.74, 6) is 1.42. The summed E-state index contributed by atoms with van der Waals surface area (Å²) in [5.41, 5.74) is 1.33. The fourth-order valence-electron chi connectivity index (χ4n) is 3.68. The van der Waals surface area contributed by atoms with Gasteiger partial charge in [-0.3, -0.25) is 14.6 Å². The molecule has 1 fully saturated rings. The Kier molecular flexibility index (Phi) is 6.09. The highest BCUT2D eigenvalue weighted by Gasteiger charge is 2.38. The zero-order chi connectivity index (χ0) is 21.3. The number of thioether (sulfide) groups is 1. The Balaban J connectivity index is 1.64. The van der Waals surface area contributed by atoms with Gasteiger partial charge in [0, 0.05) is 12.3 Å². The van der Waals surface area contributed by atoms with Crippen molar-refractivity contribution >= 4 is 33.6 Å². The van der Waals surface area contributed by atoms with Crippen molar-refractivity contribution in [3.63, 3.8) is 0 Å². The Hall–Kier alpha value is -2.41. The Bertz CT molecular complexity index is 1030. The van der Waals surface area contributed by atoms with E-state index in [2.05, 4.69) is 26.9 Å². The molecule has 0 unspecified atom stereocenters. The molecule has 1 aromatic carbocycles. The first-order valence-corrected chi connectivity index (χ1v) is 11.3. The number of aromatic hydroxyl groups is 1. The lowest BCUT2D eigenvalue weighted by molar-refractivity contribution is -0.132. The maximum Gasteiger partial charge on any atom is 0.229 e. The molecule has 0 radical (unpaired) electrons. The van der Waals surface area contributed by atoms with E-state index in [9.17, 15) is 15.2 Å². The number of hydrogen-bond acceptors (Lipinski definition) is 7. The Morgan fingerprint density at radius 3 is 3.00 bits per heavy atom. The van der Waals surface area contributed by atoms with E-state index in [4.69, 9.17) is 9.15 Å². The van der Waals surface area contributed by atoms with E-state index in [-0.39, 0.29) is 24.0 Å². The van der Waals surface area contributed by atoms with Crippen LogP contribution in [-0.4, -0.2) is 40.0 Å². The molecule has 1 aromatic heterocycles. The van der Waals surface area contributed by atoms with Crippen molar-refractivity contribution in [2.75, 3.05) is 19.2 Å². The largest absolute Gasteiger partial charge is 0.503 e. The van der Waals surface area contributed by atoms with Gasteiger partial charge < -0.3 is 14.3 Å². The van der Waals surface area contributed by atoms with Gasteiger partial charge in [-0.05, 0) is 52.7 Å². The van der Waals surface area contributed by atoms with Crippen molar-refractivity contribution in [1.82, 2.24) is 9.80 Å². The monoisotopic (exact) mass is 489 g/mol. The summed E-state index contributed by atoms with van der Waals surface area (Å²) in [5, 5.41) is 20.9. The van der Waals surface area contributed by atoms with E-state index in [1.54, 1.807) is 23.3 Å². The second kappa shape index (κ2) is 8.76. The van der Waals surface area contributed by atoms with E-state index in [1.165, 1.54) is 11.8 Å². The van der Waals surface area contributed by atoms with Crippen molar-refractivity contribution in [2.24, 2.45) is 0 Å². The van der Waals surface area contributed by atoms with Crippen molar-refractivity contribution in [1.29, 1.82) is 5.26 Å². The fourth-order valence-corrected chi connectivity index (χ4v) is 5.27. The van der Waals surface area contributed by atoms with E-state index in [0.29, 0.717) is 46.5 Å². The Morgan fingerprint density at radius 1 is 1.47 bits per heavy atom. The topological polar surface area (TPSA) is 89.9 Å². The first-order chi connectivity index (χ1) is 14.5. The van der Waals surface area contributed by atoms with Crippen LogP contribution in [0.1, 0.15) is 30.6 Å². The number of nitriles is 1. The van der Waals surface area contributed by atoms with Crippen LogP contribution in [0, 0.1) is 11.3 Å². The molecule has 156 valence electrons. The molecule has 2 aliphatic heterocycles. The van der Waals surface area contributed by atoms with Gasteiger partial charge in [0.1, 0.15) is 5.76 Å². The van der Waals surface area contributed by atoms with Crippen LogP contribution in [0.4, 0.5) is 0 Å². The smallest absolute Gasteiger partial charge is 0.229 e. The normalized spacial score (nSPS) is 19.6. The van der Waals surface area contributed by atoms with Crippen LogP contribution in [0.25, 0.3) is 0 Å². The molecule has 0 aliphatic carbocycles. The molecule has 0 spiro atoms. The highest BCUT2D eigenvalue weighted by Crippen LogP contribution is 2.45. The number of furan rings is 1. The minimum absolute atomic E-state index is 0.0103. The van der Waals surface area contributed by atoms with Crippen LogP contribution < -0.4 is 4.74 Å². The lowest BCUT2D eigenvalue weighted by Crippen LogP contribution is -2.46. The number of amides is 1. The van der Waals surface area contributed by atoms with E-state index >= 15 is 0 Å². The van der Waals surface area contributed by atoms with Gasteiger partial charge in [0.2, 0.25) is 5.91 Å². The molecule has 9 heteroatoms. The quantitative estimate of drug-likeness (QED) is 0.666. The van der Waals surface area contributed by atoms with Crippen LogP contribution in [0.2, 0.25) is 0 Å². The first-order valence-electron chi connectivity index (χ1n) is 9.49. The summed E-state index contributed by atoms with van der Waals surface area (Å²) in [4.78, 5) is 16.8. The Labute approximate surface area is 187 Å². The molecule has 3 heterocycles. The van der Waals surface area contributed by atoms with Crippen molar-refractivity contribution in [3.8, 4) is 17.6 Å². The molecule has 1 amide bonds. The fraction of sp³-hybridized carbons (Fsp3) is 0.333. The third-order valence-corrected chi connectivity index (χ3v) is 6.87. The number of phenolic OH excluding ortho intramolecular Hbond substituents is 1. The predicted octanol–water partition coefficient (Wildman–Crippen LogP) is 4.36. The molecule has 1 N–H and O–H groups in total. The third kappa shape index (κ3) is 3.95. The minimum Gasteiger partial charge on any atom is -0.503 e. The van der Waals surface area contributed by atoms with Crippen molar-refractivity contribution in [2.45, 2.75) is 25.8 Å². The van der Waals surface area contributed by atoms with Gasteiger partial charge >= 0.3 is 0 Å². The molecule has 0 saturated carbocycles. The predicted molar refractivity (Wildman–Crippen MR) is 115 cm³/mol. The number of carbonyl (C=O) groups excluding carboxylic acids is 1. The van der Waals surface area contributed by atoms with E-state index < -0.39 is 0 Å². The zero-order valence-corrected chi connectivity index (χ0v) is 18.7. The van der Waals surface area contributed by atoms with Crippen LogP contribution in [0.15, 0.2) is 50.0 Å². The van der Waals surface area contributed by atoms with Gasteiger partial charge in [-0.1, -0.05) is 11.8 Å². The number of nitrogens with zero attached hydrogens (tertiary/aromatic N) is 3. The number of fused-ring (bicyclic) bond motifs is 1. The number of phenols is 1. The van der Waals surface area contributed by atoms with Gasteiger partial charge in [0.25, 0.3) is 0 Å². The lowest BCUT2D eigenvalue weighted by Gasteiger charge is -2.41. The average molecular weight is 490 g/mol. The Morgan fingerprint density at radius 2 is 2.30 bits per heavy atom. The van der Waals surface area contributed by atoms with E-state index in [1.807, 2.05) is 19.1 Å². The molecule has 2 aliphatic rings. The molecule has 1 saturated heterocycles. The average Bonchev–Trinajstić information content (AvgIpc) is 3.24. The van der Waals surface area contributed by atoms with Crippen LogP contribution in [-0.2, 0) is 11.3 Å². The number of allylic oxidation sites excluding steroid dienone is 1. The second-order valence-corrected chi connectivity index (χ2v) is 8.80. The summed E-state index contributed by atoms with van der Waals surface area (Å²) in [6.07, 6.45) is 1.82. The van der Waals surface area contributed by atoms with Crippen LogP contribution in [0.3, 0.4) is 0 Å². The molecule has 0 bridgehead atoms. The van der Waals surface area contributed by atoms with Crippen LogP contribution in [0.5, 0.6) is 11.5 Å². The minimum atomic E-state index is -0.381. The highest BCUT2D eigenvalue weighted by molar-refractivity contribution is 9.10. The van der Waals surface area contributed by atoms with Gasteiger partial charge in [-0.15, -0.1) is 0 Å². The second-order valence-electron chi connectivity index (χ2n) is 7.01. The molecule has 30 heavy (non-hydrogen) atoms. The zero-order valence-electron chi connectivity index (χ0n) is 16.3. The summed E-state index contributed by atoms with van der Waals surface area (Å²) in [6.45, 7) is 3.25. The van der Waals surface area contributed by atoms with Gasteiger partial charge in [-0.2, -0.15) is 5.26 Å². The molecule has 1 atom stereocenters. The standard InChI is InChI=1S/C21H20BrN3O4S/c1-2-28-18-7-13(6-17(22)20(18)27)15-8-19(26)25-11-24(10-14-4-3-5-29-14)12-30-21(25)16(15)9-23/h3-7,15,27H,2,8,10-12H2,1H3/t15-/m0/s1. The number of hydrogen-bond donors (Lipinski definition) is 1. The molecule has 4 rings (SSSR count). The van der Waals surface area contributed by atoms with Crippen molar-refractivity contribution in [3.05, 3.63) is 56.9 Å². The molecule has 2 aromatic rings. The third-order valence-electron chi connectivity index (χ3n) is 5.06. The highest BCUT2D eigenvalue weighted by atomic mass is 79.9. The molecular formula is C21H20BrN3O4S. The van der Waals surface area contributed by atoms with E-state index in [0.717, 1.165) is 11.3 Å². The SMILES string of the molecule is CCOc1cc([C@@H]2CC(=O)N3CN(Cc4ccco4)CSC3=C2C#N)cc(Br)c1O. The summed E-state index contributed by atoms with van der Waals surface area (Å²) in [6, 6.07) is 9.54. The summed E-state index contributed by atoms with van der Waals surface area (Å²) >= 11 is 4.84. The first kappa shape index (κ1) is 20.8. The molecular weight excluding hydrogens is 470 g/mol. The molecule has 7 nitrogen and oxygen atoms in total. The summed E-state index contributed by atoms with van der Waals surface area (Å²) < 4.78 is 11.4. The van der Waals surface area contributed by atoms with Gasteiger partial charge in [0.05, 0.1) is 53.1 Å². The number of benzene rings is 1. The maximum absolute atomic E-state index is 13.0.